The third-order valence-electron chi connectivity index (χ3n) is 2.17. The minimum atomic E-state index is -1.16. The van der Waals surface area contributed by atoms with E-state index in [9.17, 15) is 4.79 Å². The van der Waals surface area contributed by atoms with Crippen molar-refractivity contribution >= 4 is 29.2 Å². The third-order valence-corrected chi connectivity index (χ3v) is 2.76. The van der Waals surface area contributed by atoms with Crippen LogP contribution in [0.4, 0.5) is 0 Å². The summed E-state index contributed by atoms with van der Waals surface area (Å²) in [6.07, 6.45) is 1.55. The Morgan fingerprint density at radius 3 is 2.41 bits per heavy atom. The zero-order chi connectivity index (χ0) is 12.6. The lowest BCUT2D eigenvalue weighted by Gasteiger charge is -2.03. The van der Waals surface area contributed by atoms with Crippen molar-refractivity contribution in [2.45, 2.75) is 6.92 Å². The lowest BCUT2D eigenvalue weighted by molar-refractivity contribution is -0.657. The number of hydrogen-bond acceptors (Lipinski definition) is 2. The van der Waals surface area contributed by atoms with Gasteiger partial charge in [0.25, 0.3) is 0 Å². The van der Waals surface area contributed by atoms with E-state index in [1.165, 1.54) is 12.1 Å². The van der Waals surface area contributed by atoms with Crippen molar-refractivity contribution < 1.29 is 14.6 Å². The zero-order valence-corrected chi connectivity index (χ0v) is 10.2. The molecule has 0 aliphatic rings. The molecule has 2 N–H and O–H groups in total. The number of halogens is 2. The van der Waals surface area contributed by atoms with Crippen molar-refractivity contribution in [1.29, 1.82) is 0 Å². The topological polar surface area (TPSA) is 69.9 Å². The molecule has 1 aromatic carbocycles. The number of benzene rings is 1. The largest absolute Gasteiger partial charge is 0.478 e. The first-order valence-corrected chi connectivity index (χ1v) is 5.40. The van der Waals surface area contributed by atoms with Crippen LogP contribution in [0.1, 0.15) is 16.2 Å². The van der Waals surface area contributed by atoms with E-state index in [-0.39, 0.29) is 15.6 Å². The van der Waals surface area contributed by atoms with Gasteiger partial charge in [0.2, 0.25) is 5.82 Å². The van der Waals surface area contributed by atoms with Crippen LogP contribution >= 0.6 is 23.2 Å². The standard InChI is InChI=1S/C10H7Cl2N3O2/c1-5-13-4-15(14-5)6-2-7(11)9(10(16)17)8(12)3-6/h2-4H,1H3,(H,16,17)/p+1. The molecule has 0 fully saturated rings. The third kappa shape index (κ3) is 2.25. The summed E-state index contributed by atoms with van der Waals surface area (Å²) >= 11 is 11.7. The molecule has 7 heteroatoms. The average Bonchev–Trinajstić information content (AvgIpc) is 2.63. The first kappa shape index (κ1) is 11.9. The summed E-state index contributed by atoms with van der Waals surface area (Å²) < 4.78 is 1.60. The highest BCUT2D eigenvalue weighted by molar-refractivity contribution is 6.39. The number of aromatic carboxylic acids is 1. The van der Waals surface area contributed by atoms with Crippen LogP contribution in [0.3, 0.4) is 0 Å². The second kappa shape index (κ2) is 4.35. The summed E-state index contributed by atoms with van der Waals surface area (Å²) in [6, 6.07) is 3.02. The summed E-state index contributed by atoms with van der Waals surface area (Å²) in [5, 5.41) is 12.0. The Kier molecular flexibility index (Phi) is 3.04. The lowest BCUT2D eigenvalue weighted by Crippen LogP contribution is -2.32. The molecular weight excluding hydrogens is 265 g/mol. The number of aromatic nitrogens is 3. The molecule has 17 heavy (non-hydrogen) atoms. The van der Waals surface area contributed by atoms with E-state index in [1.54, 1.807) is 17.9 Å². The molecule has 0 atom stereocenters. The minimum absolute atomic E-state index is 0.0831. The highest BCUT2D eigenvalue weighted by Gasteiger charge is 2.18. The fourth-order valence-electron chi connectivity index (χ4n) is 1.41. The molecule has 0 saturated heterocycles. The normalized spacial score (nSPS) is 10.5. The summed E-state index contributed by atoms with van der Waals surface area (Å²) in [5.74, 6) is -0.433. The number of H-pyrrole nitrogens is 1. The Hall–Kier alpha value is -1.59. The molecule has 1 aromatic heterocycles. The van der Waals surface area contributed by atoms with Gasteiger partial charge in [0.05, 0.1) is 15.6 Å². The van der Waals surface area contributed by atoms with Crippen molar-refractivity contribution in [2.24, 2.45) is 0 Å². The number of carboxylic acid groups (broad SMARTS) is 1. The van der Waals surface area contributed by atoms with E-state index in [0.717, 1.165) is 5.82 Å². The van der Waals surface area contributed by atoms with E-state index < -0.39 is 5.97 Å². The highest BCUT2D eigenvalue weighted by Crippen LogP contribution is 2.26. The predicted molar refractivity (Wildman–Crippen MR) is 61.8 cm³/mol. The second-order valence-corrected chi connectivity index (χ2v) is 4.22. The number of carbonyl (C=O) groups is 1. The maximum Gasteiger partial charge on any atom is 0.338 e. The van der Waals surface area contributed by atoms with E-state index in [4.69, 9.17) is 28.3 Å². The van der Waals surface area contributed by atoms with Gasteiger partial charge in [-0.15, -0.1) is 4.68 Å². The van der Waals surface area contributed by atoms with E-state index >= 15 is 0 Å². The molecular formula is C10H8Cl2N3O2+. The zero-order valence-electron chi connectivity index (χ0n) is 8.74. The Bertz CT molecular complexity index is 572. The maximum atomic E-state index is 10.9. The van der Waals surface area contributed by atoms with Gasteiger partial charge in [-0.25, -0.2) is 4.79 Å². The van der Waals surface area contributed by atoms with Crippen molar-refractivity contribution in [1.82, 2.24) is 10.1 Å². The van der Waals surface area contributed by atoms with Gasteiger partial charge in [-0.3, -0.25) is 0 Å². The van der Waals surface area contributed by atoms with Gasteiger partial charge in [0.15, 0.2) is 5.69 Å². The molecule has 0 unspecified atom stereocenters. The molecule has 0 aliphatic heterocycles. The quantitative estimate of drug-likeness (QED) is 0.822. The number of rotatable bonds is 2. The first-order chi connectivity index (χ1) is 7.99. The Morgan fingerprint density at radius 2 is 2.00 bits per heavy atom. The number of nitrogens with one attached hydrogen (secondary N) is 1. The monoisotopic (exact) mass is 272 g/mol. The second-order valence-electron chi connectivity index (χ2n) is 3.40. The molecule has 0 bridgehead atoms. The Morgan fingerprint density at radius 1 is 1.41 bits per heavy atom. The van der Waals surface area contributed by atoms with E-state index in [0.29, 0.717) is 5.69 Å². The molecule has 1 heterocycles. The summed E-state index contributed by atoms with van der Waals surface area (Å²) in [5.41, 5.74) is 0.513. The average molecular weight is 273 g/mol. The van der Waals surface area contributed by atoms with Crippen molar-refractivity contribution in [3.05, 3.63) is 39.9 Å². The Balaban J connectivity index is 2.56. The maximum absolute atomic E-state index is 10.9. The first-order valence-electron chi connectivity index (χ1n) is 4.65. The molecule has 0 amide bonds. The molecule has 0 radical (unpaired) electrons. The molecule has 2 rings (SSSR count). The fourth-order valence-corrected chi connectivity index (χ4v) is 2.05. The van der Waals surface area contributed by atoms with Gasteiger partial charge in [-0.2, -0.15) is 5.10 Å². The molecule has 0 aliphatic carbocycles. The molecule has 88 valence electrons. The molecule has 0 spiro atoms. The van der Waals surface area contributed by atoms with Crippen LogP contribution in [-0.2, 0) is 0 Å². The van der Waals surface area contributed by atoms with Crippen LogP contribution in [0.5, 0.6) is 0 Å². The number of nitrogens with zero attached hydrogens (tertiary/aromatic N) is 2. The van der Waals surface area contributed by atoms with Gasteiger partial charge in [-0.1, -0.05) is 23.2 Å². The molecule has 0 saturated carbocycles. The molecule has 2 aromatic rings. The molecule has 5 nitrogen and oxygen atoms in total. The smallest absolute Gasteiger partial charge is 0.338 e. The van der Waals surface area contributed by atoms with Crippen molar-refractivity contribution in [3.8, 4) is 5.69 Å². The Labute approximate surface area is 107 Å². The van der Waals surface area contributed by atoms with Crippen LogP contribution in [0.15, 0.2) is 18.5 Å². The van der Waals surface area contributed by atoms with Gasteiger partial charge in [-0.05, 0) is 4.98 Å². The van der Waals surface area contributed by atoms with Crippen LogP contribution < -0.4 is 4.68 Å². The van der Waals surface area contributed by atoms with Crippen LogP contribution in [0, 0.1) is 6.92 Å². The minimum Gasteiger partial charge on any atom is -0.478 e. The van der Waals surface area contributed by atoms with Crippen molar-refractivity contribution in [2.75, 3.05) is 0 Å². The SMILES string of the molecule is Cc1nc[n+](-c2cc(Cl)c(C(=O)O)c(Cl)c2)[nH]1. The van der Waals surface area contributed by atoms with Gasteiger partial charge in [0, 0.05) is 19.1 Å². The summed E-state index contributed by atoms with van der Waals surface area (Å²) in [6.45, 7) is 1.80. The summed E-state index contributed by atoms with van der Waals surface area (Å²) in [4.78, 5) is 14.9. The van der Waals surface area contributed by atoms with Crippen LogP contribution in [0.2, 0.25) is 10.0 Å². The fraction of sp³-hybridized carbons (Fsp3) is 0.100. The highest BCUT2D eigenvalue weighted by atomic mass is 35.5. The van der Waals surface area contributed by atoms with Gasteiger partial charge in [0.1, 0.15) is 0 Å². The van der Waals surface area contributed by atoms with Gasteiger partial charge < -0.3 is 5.11 Å². The predicted octanol–water partition coefficient (Wildman–Crippen LogP) is 2.00. The van der Waals surface area contributed by atoms with E-state index in [1.807, 2.05) is 0 Å². The van der Waals surface area contributed by atoms with Crippen molar-refractivity contribution in [3.63, 3.8) is 0 Å². The number of aryl methyl sites for hydroxylation is 1. The number of hydrogen-bond donors (Lipinski definition) is 2. The van der Waals surface area contributed by atoms with Crippen LogP contribution in [0.25, 0.3) is 5.69 Å². The van der Waals surface area contributed by atoms with E-state index in [2.05, 4.69) is 10.1 Å². The van der Waals surface area contributed by atoms with Gasteiger partial charge >= 0.3 is 12.3 Å². The number of carboxylic acids is 1. The summed E-state index contributed by atoms with van der Waals surface area (Å²) in [7, 11) is 0. The van der Waals surface area contributed by atoms with Crippen LogP contribution in [-0.4, -0.2) is 21.2 Å². The number of aromatic amines is 1. The lowest BCUT2D eigenvalue weighted by atomic mass is 10.2.